The fourth-order valence-corrected chi connectivity index (χ4v) is 4.52. The molecular weight excluding hydrogens is 284 g/mol. The van der Waals surface area contributed by atoms with Crippen LogP contribution in [0.1, 0.15) is 55.5 Å². The van der Waals surface area contributed by atoms with Gasteiger partial charge in [-0.3, -0.25) is 4.79 Å². The van der Waals surface area contributed by atoms with Gasteiger partial charge in [0.1, 0.15) is 5.92 Å². The van der Waals surface area contributed by atoms with Gasteiger partial charge in [0, 0.05) is 10.9 Å². The zero-order valence-corrected chi connectivity index (χ0v) is 13.2. The van der Waals surface area contributed by atoms with Crippen LogP contribution >= 0.6 is 11.3 Å². The van der Waals surface area contributed by atoms with Gasteiger partial charge in [0.05, 0.1) is 12.3 Å². The van der Waals surface area contributed by atoms with Gasteiger partial charge in [0.25, 0.3) is 0 Å². The fraction of sp³-hybridized carbons (Fsp3) is 0.750. The fourth-order valence-electron chi connectivity index (χ4n) is 3.43. The molecule has 0 radical (unpaired) electrons. The third-order valence-electron chi connectivity index (χ3n) is 4.84. The van der Waals surface area contributed by atoms with Crippen LogP contribution in [0.5, 0.6) is 0 Å². The molecule has 1 aromatic heterocycles. The highest BCUT2D eigenvalue weighted by molar-refractivity contribution is 7.15. The summed E-state index contributed by atoms with van der Waals surface area (Å²) in [6.45, 7) is 2.31. The van der Waals surface area contributed by atoms with Crippen LogP contribution < -0.4 is 5.32 Å². The van der Waals surface area contributed by atoms with E-state index < -0.39 is 0 Å². The molecular formula is C16H22N2O2S. The third-order valence-corrected chi connectivity index (χ3v) is 5.90. The van der Waals surface area contributed by atoms with E-state index in [-0.39, 0.29) is 11.9 Å². The summed E-state index contributed by atoms with van der Waals surface area (Å²) in [6, 6.07) is 0.623. The smallest absolute Gasteiger partial charge is 0.315 e. The van der Waals surface area contributed by atoms with Gasteiger partial charge < -0.3 is 10.1 Å². The van der Waals surface area contributed by atoms with Gasteiger partial charge in [0.2, 0.25) is 0 Å². The van der Waals surface area contributed by atoms with Crippen LogP contribution in [0.2, 0.25) is 0 Å². The highest BCUT2D eigenvalue weighted by Crippen LogP contribution is 2.47. The largest absolute Gasteiger partial charge is 0.465 e. The van der Waals surface area contributed by atoms with Crippen LogP contribution in [0, 0.1) is 11.8 Å². The standard InChI is InChI=1S/C16H22N2O2S/c1-2-20-15(19)11-7-8-12-14(11)18-16(21-12)17-13(9-3-4-9)10-5-6-10/h9-11,13H,2-8H2,1H3,(H,17,18). The molecule has 0 bridgehead atoms. The number of ether oxygens (including phenoxy) is 1. The molecule has 114 valence electrons. The number of aromatic nitrogens is 1. The molecule has 0 spiro atoms. The van der Waals surface area contributed by atoms with Crippen molar-refractivity contribution < 1.29 is 9.53 Å². The van der Waals surface area contributed by atoms with Gasteiger partial charge in [-0.2, -0.15) is 0 Å². The lowest BCUT2D eigenvalue weighted by Crippen LogP contribution is -2.24. The van der Waals surface area contributed by atoms with E-state index in [4.69, 9.17) is 9.72 Å². The number of esters is 1. The molecule has 1 atom stereocenters. The number of hydrogen-bond acceptors (Lipinski definition) is 5. The number of hydrogen-bond donors (Lipinski definition) is 1. The second kappa shape index (κ2) is 5.27. The summed E-state index contributed by atoms with van der Waals surface area (Å²) in [5, 5.41) is 4.70. The summed E-state index contributed by atoms with van der Waals surface area (Å²) in [7, 11) is 0. The van der Waals surface area contributed by atoms with Crippen molar-refractivity contribution in [1.82, 2.24) is 4.98 Å². The monoisotopic (exact) mass is 306 g/mol. The Morgan fingerprint density at radius 1 is 1.33 bits per heavy atom. The van der Waals surface area contributed by atoms with Gasteiger partial charge in [-0.15, -0.1) is 11.3 Å². The molecule has 1 heterocycles. The van der Waals surface area contributed by atoms with E-state index in [0.29, 0.717) is 12.6 Å². The Balaban J connectivity index is 1.48. The molecule has 0 aromatic carbocycles. The van der Waals surface area contributed by atoms with Gasteiger partial charge in [-0.05, 0) is 57.3 Å². The molecule has 21 heavy (non-hydrogen) atoms. The number of fused-ring (bicyclic) bond motifs is 1. The minimum Gasteiger partial charge on any atom is -0.465 e. The topological polar surface area (TPSA) is 51.2 Å². The Hall–Kier alpha value is -1.10. The van der Waals surface area contributed by atoms with Crippen molar-refractivity contribution in [2.75, 3.05) is 11.9 Å². The second-order valence-corrected chi connectivity index (χ2v) is 7.60. The zero-order valence-electron chi connectivity index (χ0n) is 12.4. The molecule has 4 rings (SSSR count). The predicted molar refractivity (Wildman–Crippen MR) is 82.7 cm³/mol. The number of thiazole rings is 1. The number of nitrogens with zero attached hydrogens (tertiary/aromatic N) is 1. The average Bonchev–Trinajstić information content (AvgIpc) is 3.36. The molecule has 5 heteroatoms. The van der Waals surface area contributed by atoms with E-state index in [1.807, 2.05) is 6.92 Å². The molecule has 4 nitrogen and oxygen atoms in total. The van der Waals surface area contributed by atoms with Gasteiger partial charge in [0.15, 0.2) is 5.13 Å². The maximum Gasteiger partial charge on any atom is 0.315 e. The Morgan fingerprint density at radius 2 is 2.05 bits per heavy atom. The summed E-state index contributed by atoms with van der Waals surface area (Å²) < 4.78 is 5.17. The number of rotatable bonds is 6. The average molecular weight is 306 g/mol. The summed E-state index contributed by atoms with van der Waals surface area (Å²) in [6.07, 6.45) is 7.29. The molecule has 1 N–H and O–H groups in total. The van der Waals surface area contributed by atoms with Crippen molar-refractivity contribution >= 4 is 22.4 Å². The van der Waals surface area contributed by atoms with Crippen LogP contribution in [0.3, 0.4) is 0 Å². The second-order valence-electron chi connectivity index (χ2n) is 6.52. The van der Waals surface area contributed by atoms with Crippen molar-refractivity contribution in [3.05, 3.63) is 10.6 Å². The molecule has 1 unspecified atom stereocenters. The molecule has 2 fully saturated rings. The minimum absolute atomic E-state index is 0.103. The number of anilines is 1. The Labute approximate surface area is 129 Å². The first kappa shape index (κ1) is 13.6. The van der Waals surface area contributed by atoms with Gasteiger partial charge >= 0.3 is 5.97 Å². The predicted octanol–water partition coefficient (Wildman–Crippen LogP) is 3.34. The SMILES string of the molecule is CCOC(=O)C1CCc2sc(NC(C3CC3)C3CC3)nc21. The van der Waals surface area contributed by atoms with Gasteiger partial charge in [-0.1, -0.05) is 0 Å². The highest BCUT2D eigenvalue weighted by atomic mass is 32.1. The third kappa shape index (κ3) is 2.68. The lowest BCUT2D eigenvalue weighted by atomic mass is 10.1. The zero-order chi connectivity index (χ0) is 14.4. The summed E-state index contributed by atoms with van der Waals surface area (Å²) >= 11 is 1.75. The molecule has 0 aliphatic heterocycles. The van der Waals surface area contributed by atoms with Crippen LogP contribution in [0.15, 0.2) is 0 Å². The van der Waals surface area contributed by atoms with Crippen molar-refractivity contribution in [3.63, 3.8) is 0 Å². The van der Waals surface area contributed by atoms with E-state index >= 15 is 0 Å². The number of aryl methyl sites for hydroxylation is 1. The van der Waals surface area contributed by atoms with E-state index in [2.05, 4.69) is 5.32 Å². The Morgan fingerprint density at radius 3 is 2.67 bits per heavy atom. The van der Waals surface area contributed by atoms with E-state index in [0.717, 1.165) is 35.5 Å². The highest BCUT2D eigenvalue weighted by Gasteiger charge is 2.42. The summed E-state index contributed by atoms with van der Waals surface area (Å²) in [5.41, 5.74) is 0.978. The van der Waals surface area contributed by atoms with Crippen LogP contribution in [0.4, 0.5) is 5.13 Å². The molecule has 3 aliphatic rings. The lowest BCUT2D eigenvalue weighted by Gasteiger charge is -2.16. The maximum absolute atomic E-state index is 12.0. The summed E-state index contributed by atoms with van der Waals surface area (Å²) in [4.78, 5) is 18.0. The van der Waals surface area contributed by atoms with Crippen molar-refractivity contribution in [1.29, 1.82) is 0 Å². The van der Waals surface area contributed by atoms with Crippen LogP contribution in [0.25, 0.3) is 0 Å². The molecule has 1 aromatic rings. The number of carbonyl (C=O) groups excluding carboxylic acids is 1. The first-order chi connectivity index (χ1) is 10.3. The minimum atomic E-state index is -0.132. The number of nitrogens with one attached hydrogen (secondary N) is 1. The van der Waals surface area contributed by atoms with Crippen molar-refractivity contribution in [3.8, 4) is 0 Å². The summed E-state index contributed by atoms with van der Waals surface area (Å²) in [5.74, 6) is 1.48. The Bertz CT molecular complexity index is 536. The van der Waals surface area contributed by atoms with Crippen molar-refractivity contribution in [2.45, 2.75) is 57.4 Å². The molecule has 3 aliphatic carbocycles. The molecule has 0 saturated heterocycles. The lowest BCUT2D eigenvalue weighted by molar-refractivity contribution is -0.145. The normalized spacial score (nSPS) is 24.2. The van der Waals surface area contributed by atoms with E-state index in [1.165, 1.54) is 30.6 Å². The van der Waals surface area contributed by atoms with Gasteiger partial charge in [-0.25, -0.2) is 4.98 Å². The first-order valence-corrected chi connectivity index (χ1v) is 9.00. The Kier molecular flexibility index (Phi) is 3.40. The quantitative estimate of drug-likeness (QED) is 0.819. The van der Waals surface area contributed by atoms with Crippen LogP contribution in [-0.2, 0) is 16.0 Å². The maximum atomic E-state index is 12.0. The molecule has 0 amide bonds. The first-order valence-electron chi connectivity index (χ1n) is 8.19. The molecule has 2 saturated carbocycles. The van der Waals surface area contributed by atoms with E-state index in [9.17, 15) is 4.79 Å². The van der Waals surface area contributed by atoms with Crippen LogP contribution in [-0.4, -0.2) is 23.6 Å². The number of carbonyl (C=O) groups is 1. The van der Waals surface area contributed by atoms with Crippen molar-refractivity contribution in [2.24, 2.45) is 11.8 Å². The van der Waals surface area contributed by atoms with E-state index in [1.54, 1.807) is 11.3 Å².